The van der Waals surface area contributed by atoms with Crippen molar-refractivity contribution in [2.45, 2.75) is 37.6 Å². The van der Waals surface area contributed by atoms with Gasteiger partial charge in [0.15, 0.2) is 5.16 Å². The van der Waals surface area contributed by atoms with Crippen LogP contribution in [0.3, 0.4) is 0 Å². The molecule has 2 aliphatic rings. The molecular weight excluding hydrogens is 324 g/mol. The Bertz CT molecular complexity index is 668. The second kappa shape index (κ2) is 7.03. The van der Waals surface area contributed by atoms with Crippen molar-refractivity contribution in [1.29, 1.82) is 0 Å². The first-order valence-corrected chi connectivity index (χ1v) is 9.48. The lowest BCUT2D eigenvalue weighted by Crippen LogP contribution is -2.40. The highest BCUT2D eigenvalue weighted by Gasteiger charge is 2.25. The molecule has 2 aromatic heterocycles. The summed E-state index contributed by atoms with van der Waals surface area (Å²) in [6, 6.07) is 3.92. The van der Waals surface area contributed by atoms with Crippen LogP contribution in [0.1, 0.15) is 24.3 Å². The molecule has 0 bridgehead atoms. The van der Waals surface area contributed by atoms with Crippen molar-refractivity contribution >= 4 is 17.7 Å². The van der Waals surface area contributed by atoms with E-state index < -0.39 is 0 Å². The van der Waals surface area contributed by atoms with Crippen molar-refractivity contribution in [2.24, 2.45) is 5.92 Å². The number of piperidine rings is 1. The summed E-state index contributed by atoms with van der Waals surface area (Å²) in [7, 11) is 0. The third-order valence-corrected chi connectivity index (χ3v) is 5.69. The number of amides is 1. The average Bonchev–Trinajstić information content (AvgIpc) is 3.30. The number of carbonyl (C=O) groups excluding carboxylic acids is 1. The molecule has 4 heterocycles. The van der Waals surface area contributed by atoms with Gasteiger partial charge >= 0.3 is 0 Å². The molecule has 1 saturated heterocycles. The number of hydrogen-bond acceptors (Lipinski definition) is 5. The van der Waals surface area contributed by atoms with Crippen molar-refractivity contribution in [3.05, 3.63) is 36.0 Å². The van der Waals surface area contributed by atoms with Crippen LogP contribution in [0.5, 0.6) is 0 Å². The molecule has 0 unspecified atom stereocenters. The van der Waals surface area contributed by atoms with Gasteiger partial charge in [-0.15, -0.1) is 0 Å². The van der Waals surface area contributed by atoms with E-state index in [4.69, 9.17) is 4.42 Å². The zero-order chi connectivity index (χ0) is 16.4. The monoisotopic (exact) mass is 346 g/mol. The Kier molecular flexibility index (Phi) is 4.62. The molecule has 1 fully saturated rings. The van der Waals surface area contributed by atoms with Gasteiger partial charge in [-0.05, 0) is 38.1 Å². The van der Waals surface area contributed by atoms with E-state index in [1.54, 1.807) is 18.0 Å². The van der Waals surface area contributed by atoms with Crippen LogP contribution in [-0.4, -0.2) is 39.2 Å². The highest BCUT2D eigenvalue weighted by Crippen LogP contribution is 2.24. The summed E-state index contributed by atoms with van der Waals surface area (Å²) in [5, 5.41) is 4.13. The minimum atomic E-state index is 0.113. The maximum atomic E-state index is 12.4. The van der Waals surface area contributed by atoms with Crippen LogP contribution in [0.2, 0.25) is 0 Å². The summed E-state index contributed by atoms with van der Waals surface area (Å²) < 4.78 is 7.56. The van der Waals surface area contributed by atoms with Gasteiger partial charge in [0.2, 0.25) is 5.91 Å². The van der Waals surface area contributed by atoms with Crippen LogP contribution in [0.25, 0.3) is 0 Å². The van der Waals surface area contributed by atoms with Crippen molar-refractivity contribution < 1.29 is 9.21 Å². The van der Waals surface area contributed by atoms with Gasteiger partial charge in [-0.25, -0.2) is 4.98 Å². The van der Waals surface area contributed by atoms with Gasteiger partial charge in [0.1, 0.15) is 5.76 Å². The minimum absolute atomic E-state index is 0.113. The second-order valence-electron chi connectivity index (χ2n) is 6.40. The molecular formula is C17H22N4O2S. The lowest BCUT2D eigenvalue weighted by molar-refractivity contribution is -0.126. The van der Waals surface area contributed by atoms with Crippen molar-refractivity contribution in [2.75, 3.05) is 18.8 Å². The number of imidazole rings is 1. The van der Waals surface area contributed by atoms with E-state index in [-0.39, 0.29) is 11.8 Å². The molecule has 0 atom stereocenters. The van der Waals surface area contributed by atoms with E-state index in [1.165, 1.54) is 0 Å². The third kappa shape index (κ3) is 3.52. The number of aryl methyl sites for hydroxylation is 1. The van der Waals surface area contributed by atoms with Gasteiger partial charge in [-0.1, -0.05) is 11.8 Å². The number of nitrogens with zero attached hydrogens (tertiary/aromatic N) is 3. The molecule has 6 nitrogen and oxygen atoms in total. The van der Waals surface area contributed by atoms with E-state index in [1.807, 2.05) is 12.1 Å². The summed E-state index contributed by atoms with van der Waals surface area (Å²) >= 11 is 1.78. The quantitative estimate of drug-likeness (QED) is 0.898. The van der Waals surface area contributed by atoms with Gasteiger partial charge in [0, 0.05) is 24.4 Å². The molecule has 1 amide bonds. The lowest BCUT2D eigenvalue weighted by Gasteiger charge is -2.30. The Morgan fingerprint density at radius 2 is 2.25 bits per heavy atom. The fraction of sp³-hybridized carbons (Fsp3) is 0.529. The maximum absolute atomic E-state index is 12.4. The first kappa shape index (κ1) is 15.8. The topological polar surface area (TPSA) is 63.3 Å². The van der Waals surface area contributed by atoms with Crippen molar-refractivity contribution in [1.82, 2.24) is 19.8 Å². The lowest BCUT2D eigenvalue weighted by atomic mass is 9.96. The standard InChI is InChI=1S/C17H22N4O2S/c22-16(18-10-14-11-21-7-9-24-17(21)19-14)13-3-5-20(6-4-13)12-15-2-1-8-23-15/h1-2,8,11,13H,3-7,9-10,12H2,(H,18,22). The van der Waals surface area contributed by atoms with Gasteiger partial charge < -0.3 is 14.3 Å². The summed E-state index contributed by atoms with van der Waals surface area (Å²) in [6.07, 6.45) is 5.57. The molecule has 4 rings (SSSR count). The largest absolute Gasteiger partial charge is 0.468 e. The minimum Gasteiger partial charge on any atom is -0.468 e. The Labute approximate surface area is 145 Å². The molecule has 2 aliphatic heterocycles. The van der Waals surface area contributed by atoms with Crippen LogP contribution < -0.4 is 5.32 Å². The number of fused-ring (bicyclic) bond motifs is 1. The highest BCUT2D eigenvalue weighted by atomic mass is 32.2. The first-order chi connectivity index (χ1) is 11.8. The first-order valence-electron chi connectivity index (χ1n) is 8.49. The maximum Gasteiger partial charge on any atom is 0.223 e. The fourth-order valence-electron chi connectivity index (χ4n) is 3.35. The van der Waals surface area contributed by atoms with Crippen LogP contribution in [0, 0.1) is 5.92 Å². The van der Waals surface area contributed by atoms with Crippen LogP contribution >= 0.6 is 11.8 Å². The Morgan fingerprint density at radius 3 is 3.00 bits per heavy atom. The average molecular weight is 346 g/mol. The van der Waals surface area contributed by atoms with Gasteiger partial charge in [0.25, 0.3) is 0 Å². The summed E-state index contributed by atoms with van der Waals surface area (Å²) in [6.45, 7) is 4.27. The fourth-order valence-corrected chi connectivity index (χ4v) is 4.31. The predicted molar refractivity (Wildman–Crippen MR) is 91.5 cm³/mol. The second-order valence-corrected chi connectivity index (χ2v) is 7.47. The summed E-state index contributed by atoms with van der Waals surface area (Å²) in [4.78, 5) is 19.3. The van der Waals surface area contributed by atoms with E-state index in [9.17, 15) is 4.79 Å². The number of aromatic nitrogens is 2. The molecule has 0 aromatic carbocycles. The van der Waals surface area contributed by atoms with E-state index in [2.05, 4.69) is 26.0 Å². The number of thioether (sulfide) groups is 1. The van der Waals surface area contributed by atoms with E-state index in [0.717, 1.165) is 61.4 Å². The number of carbonyl (C=O) groups is 1. The Morgan fingerprint density at radius 1 is 1.38 bits per heavy atom. The predicted octanol–water partition coefficient (Wildman–Crippen LogP) is 2.11. The number of furan rings is 1. The van der Waals surface area contributed by atoms with E-state index in [0.29, 0.717) is 6.54 Å². The van der Waals surface area contributed by atoms with Crippen LogP contribution in [-0.2, 0) is 24.4 Å². The van der Waals surface area contributed by atoms with E-state index >= 15 is 0 Å². The Hall–Kier alpha value is -1.73. The molecule has 0 spiro atoms. The zero-order valence-electron chi connectivity index (χ0n) is 13.6. The third-order valence-electron chi connectivity index (χ3n) is 4.71. The van der Waals surface area contributed by atoms with Gasteiger partial charge in [-0.3, -0.25) is 9.69 Å². The van der Waals surface area contributed by atoms with Crippen LogP contribution in [0.4, 0.5) is 0 Å². The zero-order valence-corrected chi connectivity index (χ0v) is 14.4. The molecule has 0 saturated carbocycles. The smallest absolute Gasteiger partial charge is 0.223 e. The van der Waals surface area contributed by atoms with Gasteiger partial charge in [0.05, 0.1) is 25.0 Å². The molecule has 2 aromatic rings. The van der Waals surface area contributed by atoms with Crippen molar-refractivity contribution in [3.8, 4) is 0 Å². The molecule has 24 heavy (non-hydrogen) atoms. The highest BCUT2D eigenvalue weighted by molar-refractivity contribution is 7.99. The molecule has 0 aliphatic carbocycles. The van der Waals surface area contributed by atoms with Crippen LogP contribution in [0.15, 0.2) is 34.2 Å². The number of hydrogen-bond donors (Lipinski definition) is 1. The number of rotatable bonds is 5. The molecule has 0 radical (unpaired) electrons. The van der Waals surface area contributed by atoms with Gasteiger partial charge in [-0.2, -0.15) is 0 Å². The summed E-state index contributed by atoms with van der Waals surface area (Å²) in [5.41, 5.74) is 0.959. The molecule has 128 valence electrons. The number of nitrogens with one attached hydrogen (secondary N) is 1. The Balaban J connectivity index is 1.22. The normalized spacial score (nSPS) is 18.7. The molecule has 7 heteroatoms. The molecule has 1 N–H and O–H groups in total. The SMILES string of the molecule is O=C(NCc1cn2c(n1)SCC2)C1CCN(Cc2ccco2)CC1. The van der Waals surface area contributed by atoms with Crippen molar-refractivity contribution in [3.63, 3.8) is 0 Å². The number of likely N-dealkylation sites (tertiary alicyclic amines) is 1. The summed E-state index contributed by atoms with van der Waals surface area (Å²) in [5.74, 6) is 2.37.